The van der Waals surface area contributed by atoms with Crippen molar-refractivity contribution in [2.75, 3.05) is 0 Å². The summed E-state index contributed by atoms with van der Waals surface area (Å²) >= 11 is 0. The van der Waals surface area contributed by atoms with Gasteiger partial charge in [0.25, 0.3) is 0 Å². The van der Waals surface area contributed by atoms with Crippen molar-refractivity contribution in [2.24, 2.45) is 21.5 Å². The van der Waals surface area contributed by atoms with E-state index in [4.69, 9.17) is 31.4 Å². The largest absolute Gasteiger partial charge is 0.383 e. The Bertz CT molecular complexity index is 1580. The molecule has 5 aromatic rings. The summed E-state index contributed by atoms with van der Waals surface area (Å²) in [6.45, 7) is 0. The zero-order valence-corrected chi connectivity index (χ0v) is 21.9. The molecule has 9 heteroatoms. The minimum absolute atomic E-state index is 0.350. The first-order valence-corrected chi connectivity index (χ1v) is 14.0. The van der Waals surface area contributed by atoms with E-state index in [1.807, 2.05) is 48.5 Å². The minimum atomic E-state index is 0.350. The summed E-state index contributed by atoms with van der Waals surface area (Å²) in [4.78, 5) is 29.4. The molecule has 0 saturated heterocycles. The first kappa shape index (κ1) is 23.7. The third-order valence-electron chi connectivity index (χ3n) is 8.04. The van der Waals surface area contributed by atoms with Crippen LogP contribution in [-0.4, -0.2) is 48.7 Å². The molecule has 0 atom stereocenters. The summed E-state index contributed by atoms with van der Waals surface area (Å²) in [5, 5.41) is 0. The fraction of sp³-hybridized carbons (Fsp3) is 0.333. The summed E-state index contributed by atoms with van der Waals surface area (Å²) in [6.07, 6.45) is 9.46. The average Bonchev–Trinajstić information content (AvgIpc) is 3.77. The molecule has 3 aromatic heterocycles. The number of aromatic amines is 3. The van der Waals surface area contributed by atoms with Crippen LogP contribution in [0.2, 0.25) is 0 Å². The number of rotatable bonds is 6. The van der Waals surface area contributed by atoms with Crippen LogP contribution in [0.3, 0.4) is 0 Å². The number of fused-ring (bicyclic) bond motifs is 2. The van der Waals surface area contributed by atoms with Gasteiger partial charge in [0.05, 0.1) is 45.5 Å². The molecule has 198 valence electrons. The highest BCUT2D eigenvalue weighted by Crippen LogP contribution is 2.27. The van der Waals surface area contributed by atoms with Gasteiger partial charge in [-0.2, -0.15) is 0 Å². The van der Waals surface area contributed by atoms with Gasteiger partial charge in [0.15, 0.2) is 11.6 Å². The second kappa shape index (κ2) is 9.72. The van der Waals surface area contributed by atoms with Crippen molar-refractivity contribution in [3.05, 3.63) is 59.7 Å². The summed E-state index contributed by atoms with van der Waals surface area (Å²) in [5.41, 5.74) is 19.9. The van der Waals surface area contributed by atoms with Crippen LogP contribution in [0.15, 0.2) is 58.5 Å². The highest BCUT2D eigenvalue weighted by atomic mass is 15.0. The van der Waals surface area contributed by atoms with Gasteiger partial charge in [-0.1, -0.05) is 25.7 Å². The van der Waals surface area contributed by atoms with E-state index >= 15 is 0 Å². The number of nitrogens with zero attached hydrogens (tertiary/aromatic N) is 4. The lowest BCUT2D eigenvalue weighted by Crippen LogP contribution is -2.16. The molecule has 9 nitrogen and oxygen atoms in total. The third kappa shape index (κ3) is 4.69. The number of hydrogen-bond donors (Lipinski definition) is 5. The zero-order valence-electron chi connectivity index (χ0n) is 21.9. The van der Waals surface area contributed by atoms with Crippen LogP contribution in [-0.2, 0) is 0 Å². The standard InChI is InChI=1S/C30H33N9/c31-27(33-19-5-1-2-6-19)17-9-11-21-25(15-17)38-29(36-21)23-13-14-24(35-23)30-37-22-12-10-18(16-26(22)39-30)28(32)34-20-7-3-4-8-20/h9-16,19-20,35H,1-8H2,(H2,31,33)(H2,32,34)(H,36,38)(H,37,39). The molecule has 7 N–H and O–H groups in total. The van der Waals surface area contributed by atoms with Gasteiger partial charge in [0.1, 0.15) is 11.7 Å². The predicted octanol–water partition coefficient (Wildman–Crippen LogP) is 5.40. The van der Waals surface area contributed by atoms with Gasteiger partial charge in [0.2, 0.25) is 0 Å². The molecular formula is C30H33N9. The van der Waals surface area contributed by atoms with Crippen molar-refractivity contribution >= 4 is 33.7 Å². The summed E-state index contributed by atoms with van der Waals surface area (Å²) < 4.78 is 0. The van der Waals surface area contributed by atoms with Gasteiger partial charge >= 0.3 is 0 Å². The number of nitrogens with one attached hydrogen (secondary N) is 3. The van der Waals surface area contributed by atoms with Crippen LogP contribution in [0.1, 0.15) is 62.5 Å². The molecule has 2 saturated carbocycles. The highest BCUT2D eigenvalue weighted by molar-refractivity contribution is 6.01. The van der Waals surface area contributed by atoms with Gasteiger partial charge in [0, 0.05) is 11.1 Å². The Morgan fingerprint density at radius 2 is 1.05 bits per heavy atom. The summed E-state index contributed by atoms with van der Waals surface area (Å²) in [5.74, 6) is 2.71. The van der Waals surface area contributed by atoms with Crippen LogP contribution in [0.5, 0.6) is 0 Å². The lowest BCUT2D eigenvalue weighted by molar-refractivity contribution is 0.706. The van der Waals surface area contributed by atoms with Crippen LogP contribution in [0.25, 0.3) is 45.1 Å². The molecule has 2 aliphatic rings. The Kier molecular flexibility index (Phi) is 5.91. The Morgan fingerprint density at radius 1 is 0.615 bits per heavy atom. The molecule has 3 heterocycles. The first-order valence-electron chi connectivity index (χ1n) is 14.0. The topological polar surface area (TPSA) is 150 Å². The predicted molar refractivity (Wildman–Crippen MR) is 157 cm³/mol. The van der Waals surface area contributed by atoms with Gasteiger partial charge < -0.3 is 26.4 Å². The fourth-order valence-corrected chi connectivity index (χ4v) is 5.87. The smallest absolute Gasteiger partial charge is 0.154 e. The van der Waals surface area contributed by atoms with Gasteiger partial charge in [-0.25, -0.2) is 9.97 Å². The molecule has 2 aromatic carbocycles. The van der Waals surface area contributed by atoms with Crippen molar-refractivity contribution < 1.29 is 0 Å². The lowest BCUT2D eigenvalue weighted by atomic mass is 10.1. The lowest BCUT2D eigenvalue weighted by Gasteiger charge is -2.05. The molecule has 0 aliphatic heterocycles. The molecular weight excluding hydrogens is 486 g/mol. The van der Waals surface area contributed by atoms with Crippen molar-refractivity contribution in [1.82, 2.24) is 24.9 Å². The Hall–Kier alpha value is -4.40. The van der Waals surface area contributed by atoms with Gasteiger partial charge in [-0.15, -0.1) is 0 Å². The third-order valence-corrected chi connectivity index (χ3v) is 8.04. The zero-order chi connectivity index (χ0) is 26.3. The quantitative estimate of drug-likeness (QED) is 0.151. The van der Waals surface area contributed by atoms with E-state index in [2.05, 4.69) is 15.0 Å². The molecule has 0 radical (unpaired) electrons. The molecule has 0 bridgehead atoms. The SMILES string of the molecule is NC(=NC1CCCC1)c1ccc2nc(-c3ccc(-c4nc5ccc(C(N)=NC6CCCC6)cc5[nH]4)[nH]3)[nH]c2c1. The van der Waals surface area contributed by atoms with Gasteiger partial charge in [-0.3, -0.25) is 9.98 Å². The van der Waals surface area contributed by atoms with E-state index in [9.17, 15) is 0 Å². The molecule has 2 fully saturated rings. The number of amidine groups is 2. The number of benzene rings is 2. The second-order valence-corrected chi connectivity index (χ2v) is 10.8. The number of aliphatic imine (C=N–C) groups is 2. The Balaban J connectivity index is 1.13. The number of aromatic nitrogens is 5. The van der Waals surface area contributed by atoms with Crippen molar-refractivity contribution in [3.8, 4) is 23.0 Å². The number of hydrogen-bond acceptors (Lipinski definition) is 4. The summed E-state index contributed by atoms with van der Waals surface area (Å²) in [6, 6.07) is 16.7. The van der Waals surface area contributed by atoms with Crippen molar-refractivity contribution in [1.29, 1.82) is 0 Å². The van der Waals surface area contributed by atoms with Crippen LogP contribution in [0, 0.1) is 0 Å². The van der Waals surface area contributed by atoms with E-state index in [1.165, 1.54) is 25.7 Å². The number of imidazole rings is 2. The molecule has 0 unspecified atom stereocenters. The van der Waals surface area contributed by atoms with Crippen molar-refractivity contribution in [2.45, 2.75) is 63.5 Å². The van der Waals surface area contributed by atoms with Crippen LogP contribution >= 0.6 is 0 Å². The average molecular weight is 520 g/mol. The molecule has 39 heavy (non-hydrogen) atoms. The maximum atomic E-state index is 6.33. The second-order valence-electron chi connectivity index (χ2n) is 10.8. The summed E-state index contributed by atoms with van der Waals surface area (Å²) in [7, 11) is 0. The maximum absolute atomic E-state index is 6.33. The Labute approximate surface area is 226 Å². The molecule has 0 amide bonds. The van der Waals surface area contributed by atoms with Crippen molar-refractivity contribution in [3.63, 3.8) is 0 Å². The Morgan fingerprint density at radius 3 is 1.49 bits per heavy atom. The van der Waals surface area contributed by atoms with Gasteiger partial charge in [-0.05, 0) is 74.2 Å². The van der Waals surface area contributed by atoms with Crippen LogP contribution < -0.4 is 11.5 Å². The number of nitrogens with two attached hydrogens (primary N) is 2. The van der Waals surface area contributed by atoms with E-state index in [0.717, 1.165) is 81.9 Å². The number of H-pyrrole nitrogens is 3. The monoisotopic (exact) mass is 519 g/mol. The van der Waals surface area contributed by atoms with E-state index in [-0.39, 0.29) is 0 Å². The van der Waals surface area contributed by atoms with E-state index in [0.29, 0.717) is 23.8 Å². The molecule has 0 spiro atoms. The fourth-order valence-electron chi connectivity index (χ4n) is 5.87. The van der Waals surface area contributed by atoms with E-state index < -0.39 is 0 Å². The highest BCUT2D eigenvalue weighted by Gasteiger charge is 2.17. The van der Waals surface area contributed by atoms with Crippen LogP contribution in [0.4, 0.5) is 0 Å². The normalized spacial score (nSPS) is 17.7. The molecule has 7 rings (SSSR count). The molecule has 2 aliphatic carbocycles. The minimum Gasteiger partial charge on any atom is -0.383 e. The first-order chi connectivity index (χ1) is 19.1. The maximum Gasteiger partial charge on any atom is 0.154 e. The van der Waals surface area contributed by atoms with E-state index in [1.54, 1.807) is 0 Å².